The molecule has 0 radical (unpaired) electrons. The van der Waals surface area contributed by atoms with Crippen LogP contribution in [0.25, 0.3) is 22.0 Å². The standard InChI is InChI=1S/C25H24ClN3O4S/c1-27-25(31)22-11-8-17(13-23(22)26)16-6-9-20(10-7-16)34(32,33)29-19(15-30)12-18-14-28-24-5-3-2-4-21(18)24/h2-11,13-14,19,28-30H,12,15H2,1H3,(H,27,31)/t19-/m1/s1. The van der Waals surface area contributed by atoms with Crippen LogP contribution in [0.3, 0.4) is 0 Å². The van der Waals surface area contributed by atoms with Gasteiger partial charge < -0.3 is 15.4 Å². The van der Waals surface area contributed by atoms with Crippen LogP contribution >= 0.6 is 11.6 Å². The first-order valence-electron chi connectivity index (χ1n) is 10.6. The van der Waals surface area contributed by atoms with Crippen LogP contribution in [0.15, 0.2) is 77.8 Å². The molecule has 4 aromatic rings. The number of hydrogen-bond donors (Lipinski definition) is 4. The number of rotatable bonds is 8. The number of carbonyl (C=O) groups excluding carboxylic acids is 1. The zero-order chi connectivity index (χ0) is 24.3. The minimum Gasteiger partial charge on any atom is -0.395 e. The third kappa shape index (κ3) is 5.00. The Balaban J connectivity index is 1.51. The molecule has 0 spiro atoms. The Kier molecular flexibility index (Phi) is 7.04. The maximum atomic E-state index is 13.0. The SMILES string of the molecule is CNC(=O)c1ccc(-c2ccc(S(=O)(=O)N[C@@H](CO)Cc3c[nH]c4ccccc34)cc2)cc1Cl. The average Bonchev–Trinajstić information content (AvgIpc) is 3.25. The number of halogens is 1. The van der Waals surface area contributed by atoms with Crippen LogP contribution in [0.2, 0.25) is 5.02 Å². The lowest BCUT2D eigenvalue weighted by molar-refractivity contribution is 0.0963. The molecule has 34 heavy (non-hydrogen) atoms. The van der Waals surface area contributed by atoms with Crippen molar-refractivity contribution in [3.05, 3.63) is 89.1 Å². The number of hydrogen-bond acceptors (Lipinski definition) is 4. The van der Waals surface area contributed by atoms with Crippen LogP contribution in [-0.2, 0) is 16.4 Å². The molecule has 3 aromatic carbocycles. The van der Waals surface area contributed by atoms with Gasteiger partial charge in [-0.05, 0) is 53.4 Å². The number of aromatic amines is 1. The third-order valence-electron chi connectivity index (χ3n) is 5.62. The number of carbonyl (C=O) groups is 1. The molecule has 0 saturated heterocycles. The number of nitrogens with one attached hydrogen (secondary N) is 3. The molecule has 0 aliphatic heterocycles. The highest BCUT2D eigenvalue weighted by molar-refractivity contribution is 7.89. The Bertz CT molecular complexity index is 1430. The van der Waals surface area contributed by atoms with Gasteiger partial charge >= 0.3 is 0 Å². The van der Waals surface area contributed by atoms with Crippen molar-refractivity contribution in [1.29, 1.82) is 0 Å². The molecule has 0 fully saturated rings. The Hall–Kier alpha value is -3.17. The Labute approximate surface area is 202 Å². The second kappa shape index (κ2) is 9.99. The molecule has 1 heterocycles. The fourth-order valence-corrected chi connectivity index (χ4v) is 5.33. The van der Waals surface area contributed by atoms with Crippen LogP contribution in [-0.4, -0.2) is 44.1 Å². The van der Waals surface area contributed by atoms with Crippen molar-refractivity contribution >= 4 is 38.4 Å². The third-order valence-corrected chi connectivity index (χ3v) is 7.47. The number of aliphatic hydroxyl groups is 1. The summed E-state index contributed by atoms with van der Waals surface area (Å²) in [5, 5.41) is 13.7. The van der Waals surface area contributed by atoms with Gasteiger partial charge in [-0.3, -0.25) is 4.79 Å². The molecule has 4 rings (SSSR count). The van der Waals surface area contributed by atoms with Gasteiger partial charge in [-0.25, -0.2) is 13.1 Å². The van der Waals surface area contributed by atoms with E-state index >= 15 is 0 Å². The molecule has 9 heteroatoms. The number of sulfonamides is 1. The van der Waals surface area contributed by atoms with E-state index in [4.69, 9.17) is 11.6 Å². The first-order chi connectivity index (χ1) is 16.3. The van der Waals surface area contributed by atoms with Crippen molar-refractivity contribution in [1.82, 2.24) is 15.0 Å². The van der Waals surface area contributed by atoms with Crippen LogP contribution in [0, 0.1) is 0 Å². The van der Waals surface area contributed by atoms with E-state index < -0.39 is 16.1 Å². The van der Waals surface area contributed by atoms with Gasteiger partial charge in [0.15, 0.2) is 0 Å². The normalized spacial score (nSPS) is 12.6. The summed E-state index contributed by atoms with van der Waals surface area (Å²) in [7, 11) is -2.33. The highest BCUT2D eigenvalue weighted by Crippen LogP contribution is 2.27. The van der Waals surface area contributed by atoms with E-state index in [1.807, 2.05) is 30.5 Å². The Morgan fingerprint density at radius 3 is 2.44 bits per heavy atom. The van der Waals surface area contributed by atoms with Gasteiger partial charge in [0.25, 0.3) is 5.91 Å². The molecule has 4 N–H and O–H groups in total. The minimum atomic E-state index is -3.86. The van der Waals surface area contributed by atoms with Gasteiger partial charge in [0, 0.05) is 30.2 Å². The topological polar surface area (TPSA) is 111 Å². The molecule has 0 aliphatic rings. The summed E-state index contributed by atoms with van der Waals surface area (Å²) in [6, 6.07) is 18.4. The van der Waals surface area contributed by atoms with Gasteiger partial charge in [-0.2, -0.15) is 0 Å². The molecule has 0 bridgehead atoms. The lowest BCUT2D eigenvalue weighted by atomic mass is 10.0. The summed E-state index contributed by atoms with van der Waals surface area (Å²) in [6.07, 6.45) is 2.17. The summed E-state index contributed by atoms with van der Waals surface area (Å²) >= 11 is 6.23. The largest absolute Gasteiger partial charge is 0.395 e. The average molecular weight is 498 g/mol. The maximum Gasteiger partial charge on any atom is 0.252 e. The van der Waals surface area contributed by atoms with E-state index in [0.29, 0.717) is 17.0 Å². The number of aliphatic hydroxyl groups excluding tert-OH is 1. The lowest BCUT2D eigenvalue weighted by Gasteiger charge is -2.16. The van der Waals surface area contributed by atoms with Crippen molar-refractivity contribution in [2.45, 2.75) is 17.4 Å². The van der Waals surface area contributed by atoms with E-state index in [1.54, 1.807) is 30.3 Å². The van der Waals surface area contributed by atoms with Crippen LogP contribution in [0.1, 0.15) is 15.9 Å². The number of aromatic nitrogens is 1. The molecule has 1 atom stereocenters. The van der Waals surface area contributed by atoms with Crippen molar-refractivity contribution in [3.63, 3.8) is 0 Å². The quantitative estimate of drug-likeness (QED) is 0.297. The maximum absolute atomic E-state index is 13.0. The zero-order valence-electron chi connectivity index (χ0n) is 18.4. The molecular weight excluding hydrogens is 474 g/mol. The van der Waals surface area contributed by atoms with Gasteiger partial charge in [0.2, 0.25) is 10.0 Å². The number of benzene rings is 3. The summed E-state index contributed by atoms with van der Waals surface area (Å²) in [5.74, 6) is -0.282. The second-order valence-corrected chi connectivity index (χ2v) is 9.98. The number of para-hydroxylation sites is 1. The predicted molar refractivity (Wildman–Crippen MR) is 133 cm³/mol. The van der Waals surface area contributed by atoms with E-state index in [-0.39, 0.29) is 17.4 Å². The van der Waals surface area contributed by atoms with Crippen LogP contribution in [0.5, 0.6) is 0 Å². The highest BCUT2D eigenvalue weighted by Gasteiger charge is 2.21. The van der Waals surface area contributed by atoms with E-state index in [1.165, 1.54) is 19.2 Å². The van der Waals surface area contributed by atoms with E-state index in [9.17, 15) is 18.3 Å². The molecule has 0 unspecified atom stereocenters. The van der Waals surface area contributed by atoms with Gasteiger partial charge in [0.1, 0.15) is 0 Å². The fraction of sp³-hybridized carbons (Fsp3) is 0.160. The predicted octanol–water partition coefficient (Wildman–Crippen LogP) is 3.73. The summed E-state index contributed by atoms with van der Waals surface area (Å²) < 4.78 is 28.5. The van der Waals surface area contributed by atoms with Crippen molar-refractivity contribution in [2.24, 2.45) is 0 Å². The molecule has 0 saturated carbocycles. The number of amides is 1. The monoisotopic (exact) mass is 497 g/mol. The smallest absolute Gasteiger partial charge is 0.252 e. The molecule has 1 amide bonds. The lowest BCUT2D eigenvalue weighted by Crippen LogP contribution is -2.39. The molecule has 0 aliphatic carbocycles. The number of H-pyrrole nitrogens is 1. The summed E-state index contributed by atoms with van der Waals surface area (Å²) in [6.45, 7) is -0.340. The summed E-state index contributed by atoms with van der Waals surface area (Å²) in [5.41, 5.74) is 3.74. The second-order valence-electron chi connectivity index (χ2n) is 7.86. The Morgan fingerprint density at radius 1 is 1.06 bits per heavy atom. The summed E-state index contributed by atoms with van der Waals surface area (Å²) in [4.78, 5) is 15.1. The van der Waals surface area contributed by atoms with Crippen molar-refractivity contribution in [2.75, 3.05) is 13.7 Å². The first-order valence-corrected chi connectivity index (χ1v) is 12.5. The van der Waals surface area contributed by atoms with Crippen LogP contribution in [0.4, 0.5) is 0 Å². The van der Waals surface area contributed by atoms with Gasteiger partial charge in [-0.1, -0.05) is 48.0 Å². The van der Waals surface area contributed by atoms with Crippen molar-refractivity contribution < 1.29 is 18.3 Å². The van der Waals surface area contributed by atoms with E-state index in [0.717, 1.165) is 27.6 Å². The first kappa shape index (κ1) is 24.0. The molecule has 176 valence electrons. The molecule has 1 aromatic heterocycles. The van der Waals surface area contributed by atoms with E-state index in [2.05, 4.69) is 15.0 Å². The van der Waals surface area contributed by atoms with Crippen LogP contribution < -0.4 is 10.0 Å². The van der Waals surface area contributed by atoms with Gasteiger partial charge in [0.05, 0.1) is 22.1 Å². The zero-order valence-corrected chi connectivity index (χ0v) is 20.0. The van der Waals surface area contributed by atoms with Gasteiger partial charge in [-0.15, -0.1) is 0 Å². The fourth-order valence-electron chi connectivity index (χ4n) is 3.84. The highest BCUT2D eigenvalue weighted by atomic mass is 35.5. The van der Waals surface area contributed by atoms with Crippen molar-refractivity contribution in [3.8, 4) is 11.1 Å². The molecule has 7 nitrogen and oxygen atoms in total. The Morgan fingerprint density at radius 2 is 1.76 bits per heavy atom. The molecular formula is C25H24ClN3O4S. The minimum absolute atomic E-state index is 0.0849. The number of fused-ring (bicyclic) bond motifs is 1.